The minimum atomic E-state index is -2.73. The van der Waals surface area contributed by atoms with Crippen LogP contribution in [0, 0.1) is 7.43 Å². The molecular formula is C85H95ClF12N17O7W-. The Morgan fingerprint density at radius 3 is 1.12 bits per heavy atom. The third-order valence-corrected chi connectivity index (χ3v) is 16.4. The van der Waals surface area contributed by atoms with E-state index in [9.17, 15) is 62.6 Å². The van der Waals surface area contributed by atoms with E-state index in [2.05, 4.69) is 60.8 Å². The number of hydrogen-bond acceptors (Lipinski definition) is 18. The Bertz CT molecular complexity index is 5100. The fourth-order valence-corrected chi connectivity index (χ4v) is 10.5. The Hall–Kier alpha value is -11.9. The zero-order chi connectivity index (χ0) is 87.3. The van der Waals surface area contributed by atoms with Gasteiger partial charge in [-0.1, -0.05) is 60.7 Å². The van der Waals surface area contributed by atoms with Crippen LogP contribution < -0.4 is 30.0 Å². The summed E-state index contributed by atoms with van der Waals surface area (Å²) < 4.78 is 187. The summed E-state index contributed by atoms with van der Waals surface area (Å²) in [7, 11) is 0. The quantitative estimate of drug-likeness (QED) is 0.0250. The third-order valence-electron chi connectivity index (χ3n) is 16.4. The smallest absolute Gasteiger partial charge is 0.407 e. The van der Waals surface area contributed by atoms with Crippen LogP contribution in [0.15, 0.2) is 206 Å². The molecule has 7 aromatic carbocycles. The number of aromatic hydroxyl groups is 1. The first kappa shape index (κ1) is 102. The van der Waals surface area contributed by atoms with E-state index in [-0.39, 0.29) is 138 Å². The number of H-pyrrole nitrogens is 1. The first-order valence-electron chi connectivity index (χ1n) is 37.4. The van der Waals surface area contributed by atoms with Crippen molar-refractivity contribution in [1.82, 2.24) is 79.6 Å². The van der Waals surface area contributed by atoms with Crippen LogP contribution in [0.1, 0.15) is 173 Å². The summed E-state index contributed by atoms with van der Waals surface area (Å²) in [5.41, 5.74) is 10.5. The van der Waals surface area contributed by atoms with Gasteiger partial charge in [0, 0.05) is 97.3 Å². The average Bonchev–Trinajstić information content (AvgIpc) is 1.68. The average molecular weight is 1910 g/mol. The molecule has 0 unspecified atom stereocenters. The molecule has 0 spiro atoms. The summed E-state index contributed by atoms with van der Waals surface area (Å²) in [6, 6.07) is 52.3. The van der Waals surface area contributed by atoms with Crippen molar-refractivity contribution in [2.75, 3.05) is 26.3 Å². The molecule has 5 heterocycles. The first-order valence-corrected chi connectivity index (χ1v) is 37.4. The van der Waals surface area contributed by atoms with Gasteiger partial charge in [-0.2, -0.15) is 20.4 Å². The van der Waals surface area contributed by atoms with Gasteiger partial charge < -0.3 is 47.3 Å². The van der Waals surface area contributed by atoms with Gasteiger partial charge in [-0.15, -0.1) is 17.5 Å². The Morgan fingerprint density at radius 1 is 0.455 bits per heavy atom. The van der Waals surface area contributed by atoms with Crippen LogP contribution in [0.25, 0.3) is 56.9 Å². The summed E-state index contributed by atoms with van der Waals surface area (Å²) >= 11 is 0. The molecule has 12 rings (SSSR count). The summed E-state index contributed by atoms with van der Waals surface area (Å²) in [4.78, 5) is 31.1. The number of phenolic OH excluding ortho intramolecular Hbond substituents is 1. The molecule has 660 valence electrons. The Balaban J connectivity index is 0.000000274. The van der Waals surface area contributed by atoms with E-state index in [1.54, 1.807) is 172 Å². The van der Waals surface area contributed by atoms with Crippen LogP contribution in [-0.2, 0) is 39.0 Å². The minimum Gasteiger partial charge on any atom is -0.508 e. The fourth-order valence-electron chi connectivity index (χ4n) is 10.5. The molecule has 38 heteroatoms. The van der Waals surface area contributed by atoms with Gasteiger partial charge in [-0.3, -0.25) is 5.10 Å². The number of carbonyl (C=O) groups is 1. The first-order chi connectivity index (χ1) is 57.2. The zero-order valence-electron chi connectivity index (χ0n) is 69.0. The largest absolute Gasteiger partial charge is 0.508 e. The summed E-state index contributed by atoms with van der Waals surface area (Å²) in [5, 5.41) is 33.9. The SMILES string of the molecule is CC(C)n1nc(-c2ccc(O)cc2)nc1C(F)F.CC(C)n1nc(-c2ccc(OC/C(=C/F)CNC(=O)OC(C)(C)C)cc2)nc1C(F)F.CC(C)n1nc(-c2ccc(OCc3ccccc3)cc2)nc1C(F)F.CC(C)n1nc(C(F)F)nc1-c1ccc(OC/C(=C/F)CN)cc1.Cl.FC(F)c1nc(-c2ccc(OCc3ccccc3)cc2)n[nH]1.[CH3-].[W]. The minimum absolute atomic E-state index is 0. The number of nitrogens with two attached hydrogens (primary N) is 1. The Kier molecular flexibility index (Phi) is 40.7. The molecular weight excluding hydrogens is 1820 g/mol. The van der Waals surface area contributed by atoms with Crippen molar-refractivity contribution in [1.29, 1.82) is 0 Å². The number of alkyl halides is 10. The number of alkyl carbamates (subject to hydrolysis) is 1. The maximum absolute atomic E-state index is 13.2. The molecule has 0 bridgehead atoms. The van der Waals surface area contributed by atoms with Crippen LogP contribution >= 0.6 is 12.4 Å². The van der Waals surface area contributed by atoms with Gasteiger partial charge >= 0.3 is 6.09 Å². The van der Waals surface area contributed by atoms with Crippen LogP contribution in [0.3, 0.4) is 0 Å². The normalized spacial score (nSPS) is 11.4. The molecule has 0 radical (unpaired) electrons. The number of aromatic amines is 1. The number of phenols is 1. The number of halogens is 13. The number of amides is 1. The van der Waals surface area contributed by atoms with Crippen LogP contribution in [-0.4, -0.2) is 117 Å². The topological polar surface area (TPSA) is 286 Å². The maximum atomic E-state index is 13.2. The van der Waals surface area contributed by atoms with E-state index in [0.717, 1.165) is 11.1 Å². The van der Waals surface area contributed by atoms with Gasteiger partial charge in [0.15, 0.2) is 52.4 Å². The molecule has 5 aromatic heterocycles. The van der Waals surface area contributed by atoms with Gasteiger partial charge in [0.1, 0.15) is 60.8 Å². The number of aromatic nitrogens is 15. The van der Waals surface area contributed by atoms with Crippen LogP contribution in [0.5, 0.6) is 28.7 Å². The van der Waals surface area contributed by atoms with Crippen molar-refractivity contribution in [2.45, 2.75) is 151 Å². The summed E-state index contributed by atoms with van der Waals surface area (Å²) in [6.07, 6.45) is -13.3. The monoisotopic (exact) mass is 1910 g/mol. The number of ether oxygens (including phenoxy) is 5. The molecule has 0 saturated heterocycles. The van der Waals surface area contributed by atoms with Crippen molar-refractivity contribution >= 4 is 18.5 Å². The summed E-state index contributed by atoms with van der Waals surface area (Å²) in [5.74, 6) is 1.77. The third kappa shape index (κ3) is 31.2. The van der Waals surface area contributed by atoms with Crippen molar-refractivity contribution in [2.24, 2.45) is 5.73 Å². The van der Waals surface area contributed by atoms with Crippen molar-refractivity contribution in [3.63, 3.8) is 0 Å². The second-order valence-corrected chi connectivity index (χ2v) is 28.2. The van der Waals surface area contributed by atoms with E-state index in [1.807, 2.05) is 74.5 Å². The van der Waals surface area contributed by atoms with Gasteiger partial charge in [0.25, 0.3) is 32.1 Å². The van der Waals surface area contributed by atoms with Crippen molar-refractivity contribution in [3.8, 4) is 85.7 Å². The molecule has 0 aliphatic carbocycles. The van der Waals surface area contributed by atoms with Gasteiger partial charge in [-0.25, -0.2) is 101 Å². The molecule has 24 nitrogen and oxygen atoms in total. The maximum Gasteiger partial charge on any atom is 0.407 e. The zero-order valence-corrected chi connectivity index (χ0v) is 72.8. The molecule has 12 aromatic rings. The van der Waals surface area contributed by atoms with Gasteiger partial charge in [-0.05, 0) is 209 Å². The molecule has 0 saturated carbocycles. The molecule has 123 heavy (non-hydrogen) atoms. The molecule has 0 fully saturated rings. The van der Waals surface area contributed by atoms with E-state index in [4.69, 9.17) is 29.4 Å². The number of nitrogens with one attached hydrogen (secondary N) is 2. The van der Waals surface area contributed by atoms with E-state index in [0.29, 0.717) is 93.9 Å². The number of nitrogens with zero attached hydrogens (tertiary/aromatic N) is 14. The van der Waals surface area contributed by atoms with E-state index < -0.39 is 55.5 Å². The Morgan fingerprint density at radius 2 is 0.805 bits per heavy atom. The predicted octanol–water partition coefficient (Wildman–Crippen LogP) is 21.9. The van der Waals surface area contributed by atoms with E-state index >= 15 is 0 Å². The van der Waals surface area contributed by atoms with Crippen LogP contribution in [0.2, 0.25) is 0 Å². The Labute approximate surface area is 724 Å². The van der Waals surface area contributed by atoms with E-state index in [1.165, 1.54) is 30.9 Å². The fraction of sp³-hybridized carbons (Fsp3) is 0.318. The molecule has 0 atom stereocenters. The van der Waals surface area contributed by atoms with Crippen LogP contribution in [0.4, 0.5) is 57.5 Å². The number of rotatable bonds is 29. The summed E-state index contributed by atoms with van der Waals surface area (Å²) in [6.45, 7) is 20.3. The molecule has 0 aliphatic rings. The standard InChI is InChI=1S/C21H27F3N4O3.C19H19F2N3O.C16H19F3N4O.C16H13F2N3O.C12H13F2N3O.CH3.ClH.W/c1-13(2)28-19(17(23)24)26-18(27-28)15-6-8-16(9-7-15)30-12-14(10-22)11-25-20(29)31-21(3,4)5;1-13(2)24-19(17(20)21)22-18(23-24)15-8-10-16(11-9-15)25-12-14-6-4-3-5-7-14;1-10(2)23-16(21-15(22-23)14(18)19)12-3-5-13(6-4-12)24-9-11(7-17)8-20;17-14(18)16-19-15(20-21-16)12-6-8-13(9-7-12)22-10-11-4-2-1-3-5-11;1-7(2)17-12(10(13)14)15-11(16-17)8-3-5-9(18)6-4-8;;;/h6-10,13,17H,11-12H2,1-5H3,(H,25,29);3-11,13,17H,12H2,1-2H3;3-7,10,14H,8-9,20H2,1-2H3;1-9,14H,10H2,(H,19,20,21);3-7,10,18H,1-2H3;1H3;1H;/q;;;;;-1;;/b14-10+;;11-7+;;;;;. The predicted molar refractivity (Wildman–Crippen MR) is 440 cm³/mol. The number of carbonyl (C=O) groups excluding carboxylic acids is 1. The number of benzene rings is 7. The second-order valence-electron chi connectivity index (χ2n) is 28.2. The number of hydrogen-bond donors (Lipinski definition) is 4. The second kappa shape index (κ2) is 49.3. The van der Waals surface area contributed by atoms with Crippen molar-refractivity contribution in [3.05, 3.63) is 253 Å². The van der Waals surface area contributed by atoms with Gasteiger partial charge in [0.2, 0.25) is 5.82 Å². The molecule has 5 N–H and O–H groups in total. The van der Waals surface area contributed by atoms with Gasteiger partial charge in [0.05, 0.1) is 12.7 Å². The van der Waals surface area contributed by atoms with Crippen molar-refractivity contribution < 1.29 is 107 Å². The molecule has 1 amide bonds. The molecule has 0 aliphatic heterocycles.